The number of methoxy groups -OCH3 is 1. The molecule has 2 N–H and O–H groups in total. The van der Waals surface area contributed by atoms with E-state index in [1.54, 1.807) is 7.11 Å². The summed E-state index contributed by atoms with van der Waals surface area (Å²) in [7, 11) is 3.69. The first kappa shape index (κ1) is 15.2. The Morgan fingerprint density at radius 2 is 2.05 bits per heavy atom. The van der Waals surface area contributed by atoms with Gasteiger partial charge >= 0.3 is 0 Å². The van der Waals surface area contributed by atoms with Crippen molar-refractivity contribution in [3.63, 3.8) is 0 Å². The SMILES string of the molecule is COC(c1ccc(C2=CCN(C)CC2)cc1)[C@H](N)CF. The highest BCUT2D eigenvalue weighted by Gasteiger charge is 2.19. The lowest BCUT2D eigenvalue weighted by atomic mass is 9.96. The molecule has 0 saturated carbocycles. The number of likely N-dealkylation sites (N-methyl/N-ethyl adjacent to an activating group) is 1. The van der Waals surface area contributed by atoms with E-state index in [1.807, 2.05) is 12.1 Å². The van der Waals surface area contributed by atoms with Crippen LogP contribution in [0.4, 0.5) is 4.39 Å². The van der Waals surface area contributed by atoms with Crippen LogP contribution in [0.3, 0.4) is 0 Å². The highest BCUT2D eigenvalue weighted by atomic mass is 19.1. The highest BCUT2D eigenvalue weighted by Crippen LogP contribution is 2.25. The lowest BCUT2D eigenvalue weighted by molar-refractivity contribution is 0.0721. The van der Waals surface area contributed by atoms with Crippen LogP contribution in [0.2, 0.25) is 0 Å². The molecule has 1 aromatic carbocycles. The molecule has 0 amide bonds. The summed E-state index contributed by atoms with van der Waals surface area (Å²) in [6, 6.07) is 7.50. The molecule has 1 aliphatic rings. The molecule has 0 aliphatic carbocycles. The summed E-state index contributed by atoms with van der Waals surface area (Å²) in [6.45, 7) is 1.49. The Morgan fingerprint density at radius 3 is 2.55 bits per heavy atom. The summed E-state index contributed by atoms with van der Waals surface area (Å²) in [5.74, 6) is 0. The molecule has 20 heavy (non-hydrogen) atoms. The third-order valence-electron chi connectivity index (χ3n) is 3.84. The number of hydrogen-bond donors (Lipinski definition) is 1. The minimum absolute atomic E-state index is 0.388. The van der Waals surface area contributed by atoms with E-state index < -0.39 is 12.7 Å². The first-order valence-corrected chi connectivity index (χ1v) is 6.98. The number of rotatable bonds is 5. The summed E-state index contributed by atoms with van der Waals surface area (Å²) in [5, 5.41) is 0. The lowest BCUT2D eigenvalue weighted by Crippen LogP contribution is -2.31. The van der Waals surface area contributed by atoms with Crippen molar-refractivity contribution in [3.05, 3.63) is 41.5 Å². The standard InChI is InChI=1S/C16H23FN2O/c1-19-9-7-13(8-10-19)12-3-5-14(6-4-12)16(20-2)15(18)11-17/h3-7,15-16H,8-11,18H2,1-2H3/t15-,16?/m1/s1. The van der Waals surface area contributed by atoms with Gasteiger partial charge in [0.1, 0.15) is 6.67 Å². The van der Waals surface area contributed by atoms with Crippen molar-refractivity contribution in [2.45, 2.75) is 18.6 Å². The van der Waals surface area contributed by atoms with Crippen LogP contribution in [0.25, 0.3) is 5.57 Å². The third kappa shape index (κ3) is 3.45. The van der Waals surface area contributed by atoms with Crippen LogP contribution in [0.5, 0.6) is 0 Å². The van der Waals surface area contributed by atoms with Gasteiger partial charge in [0.05, 0.1) is 12.1 Å². The maximum Gasteiger partial charge on any atom is 0.107 e. The van der Waals surface area contributed by atoms with Gasteiger partial charge in [-0.15, -0.1) is 0 Å². The Morgan fingerprint density at radius 1 is 1.35 bits per heavy atom. The van der Waals surface area contributed by atoms with Crippen LogP contribution >= 0.6 is 0 Å². The largest absolute Gasteiger partial charge is 0.375 e. The average molecular weight is 278 g/mol. The molecule has 110 valence electrons. The molecule has 3 nitrogen and oxygen atoms in total. The first-order valence-electron chi connectivity index (χ1n) is 6.98. The molecule has 1 aliphatic heterocycles. The highest BCUT2D eigenvalue weighted by molar-refractivity contribution is 5.66. The van der Waals surface area contributed by atoms with Crippen LogP contribution in [-0.4, -0.2) is 44.9 Å². The average Bonchev–Trinajstić information content (AvgIpc) is 2.49. The van der Waals surface area contributed by atoms with Crippen LogP contribution < -0.4 is 5.73 Å². The number of nitrogens with two attached hydrogens (primary N) is 1. The summed E-state index contributed by atoms with van der Waals surface area (Å²) >= 11 is 0. The van der Waals surface area contributed by atoms with Crippen LogP contribution in [0.15, 0.2) is 30.3 Å². The minimum atomic E-state index is -0.617. The smallest absolute Gasteiger partial charge is 0.107 e. The van der Waals surface area contributed by atoms with Crippen molar-refractivity contribution >= 4 is 5.57 Å². The van der Waals surface area contributed by atoms with E-state index in [9.17, 15) is 4.39 Å². The number of halogens is 1. The first-order chi connectivity index (χ1) is 9.65. The van der Waals surface area contributed by atoms with E-state index in [4.69, 9.17) is 10.5 Å². The maximum absolute atomic E-state index is 12.7. The van der Waals surface area contributed by atoms with Gasteiger partial charge in [-0.05, 0) is 30.2 Å². The molecule has 1 unspecified atom stereocenters. The Hall–Kier alpha value is -1.23. The van der Waals surface area contributed by atoms with Gasteiger partial charge in [-0.3, -0.25) is 0 Å². The van der Waals surface area contributed by atoms with Gasteiger partial charge in [-0.25, -0.2) is 4.39 Å². The summed E-state index contributed by atoms with van der Waals surface area (Å²) in [5.41, 5.74) is 9.27. The van der Waals surface area contributed by atoms with Crippen LogP contribution in [0, 0.1) is 0 Å². The molecule has 0 fully saturated rings. The van der Waals surface area contributed by atoms with E-state index in [-0.39, 0.29) is 6.10 Å². The van der Waals surface area contributed by atoms with Gasteiger partial charge in [0.25, 0.3) is 0 Å². The van der Waals surface area contributed by atoms with Crippen molar-refractivity contribution in [2.24, 2.45) is 5.73 Å². The zero-order valence-corrected chi connectivity index (χ0v) is 12.2. The van der Waals surface area contributed by atoms with E-state index in [1.165, 1.54) is 11.1 Å². The van der Waals surface area contributed by atoms with Crippen molar-refractivity contribution in [2.75, 3.05) is 33.9 Å². The van der Waals surface area contributed by atoms with Gasteiger partial charge in [-0.1, -0.05) is 30.3 Å². The molecular weight excluding hydrogens is 255 g/mol. The van der Waals surface area contributed by atoms with Gasteiger partial charge < -0.3 is 15.4 Å². The van der Waals surface area contributed by atoms with Crippen molar-refractivity contribution in [3.8, 4) is 0 Å². The second kappa shape index (κ2) is 6.97. The van der Waals surface area contributed by atoms with Gasteiger partial charge in [0.15, 0.2) is 0 Å². The van der Waals surface area contributed by atoms with Gasteiger partial charge in [0, 0.05) is 20.2 Å². The summed E-state index contributed by atoms with van der Waals surface area (Å²) < 4.78 is 18.0. The number of ether oxygens (including phenoxy) is 1. The van der Waals surface area contributed by atoms with Gasteiger partial charge in [0.2, 0.25) is 0 Å². The Labute approximate surface area is 120 Å². The Kier molecular flexibility index (Phi) is 5.29. The molecule has 0 aromatic heterocycles. The second-order valence-electron chi connectivity index (χ2n) is 5.34. The Balaban J connectivity index is 2.13. The summed E-state index contributed by atoms with van der Waals surface area (Å²) in [6.07, 6.45) is 2.94. The molecule has 1 aromatic rings. The fraction of sp³-hybridized carbons (Fsp3) is 0.500. The summed E-state index contributed by atoms with van der Waals surface area (Å²) in [4.78, 5) is 2.29. The van der Waals surface area contributed by atoms with E-state index >= 15 is 0 Å². The van der Waals surface area contributed by atoms with Crippen molar-refractivity contribution in [1.82, 2.24) is 4.90 Å². The van der Waals surface area contributed by atoms with Crippen LogP contribution in [-0.2, 0) is 4.74 Å². The Bertz CT molecular complexity index is 458. The molecule has 0 saturated heterocycles. The predicted molar refractivity (Wildman–Crippen MR) is 80.2 cm³/mol. The van der Waals surface area contributed by atoms with E-state index in [2.05, 4.69) is 30.2 Å². The van der Waals surface area contributed by atoms with Crippen molar-refractivity contribution in [1.29, 1.82) is 0 Å². The topological polar surface area (TPSA) is 38.5 Å². The number of benzene rings is 1. The fourth-order valence-corrected chi connectivity index (χ4v) is 2.56. The van der Waals surface area contributed by atoms with Gasteiger partial charge in [-0.2, -0.15) is 0 Å². The van der Waals surface area contributed by atoms with E-state index in [0.29, 0.717) is 0 Å². The molecule has 1 heterocycles. The zero-order valence-electron chi connectivity index (χ0n) is 12.2. The van der Waals surface area contributed by atoms with E-state index in [0.717, 1.165) is 25.1 Å². The van der Waals surface area contributed by atoms with Crippen LogP contribution in [0.1, 0.15) is 23.7 Å². The minimum Gasteiger partial charge on any atom is -0.375 e. The molecule has 2 rings (SSSR count). The number of alkyl halides is 1. The molecule has 0 radical (unpaired) electrons. The molecule has 4 heteroatoms. The monoisotopic (exact) mass is 278 g/mol. The zero-order chi connectivity index (χ0) is 14.5. The fourth-order valence-electron chi connectivity index (χ4n) is 2.56. The molecular formula is C16H23FN2O. The second-order valence-corrected chi connectivity index (χ2v) is 5.34. The lowest BCUT2D eigenvalue weighted by Gasteiger charge is -2.23. The quantitative estimate of drug-likeness (QED) is 0.899. The molecule has 2 atom stereocenters. The molecule has 0 spiro atoms. The third-order valence-corrected chi connectivity index (χ3v) is 3.84. The normalized spacial score (nSPS) is 19.5. The van der Waals surface area contributed by atoms with Crippen molar-refractivity contribution < 1.29 is 9.13 Å². The number of nitrogens with zero attached hydrogens (tertiary/aromatic N) is 1. The maximum atomic E-state index is 12.7. The molecule has 0 bridgehead atoms. The number of hydrogen-bond acceptors (Lipinski definition) is 3. The predicted octanol–water partition coefficient (Wildman–Crippen LogP) is 2.39.